The first-order valence-corrected chi connectivity index (χ1v) is 16.5. The predicted molar refractivity (Wildman–Crippen MR) is 171 cm³/mol. The van der Waals surface area contributed by atoms with E-state index in [1.54, 1.807) is 29.0 Å². The number of amides is 3. The van der Waals surface area contributed by atoms with Crippen LogP contribution in [-0.2, 0) is 9.53 Å². The van der Waals surface area contributed by atoms with Gasteiger partial charge >= 0.3 is 0 Å². The van der Waals surface area contributed by atoms with Crippen LogP contribution in [0.4, 0.5) is 5.69 Å². The highest BCUT2D eigenvalue weighted by Gasteiger charge is 2.49. The third-order valence-corrected chi connectivity index (χ3v) is 10.1. The Morgan fingerprint density at radius 1 is 0.933 bits per heavy atom. The number of piperidine rings is 2. The molecule has 0 bridgehead atoms. The van der Waals surface area contributed by atoms with E-state index in [9.17, 15) is 14.4 Å². The van der Waals surface area contributed by atoms with Gasteiger partial charge in [-0.25, -0.2) is 0 Å². The van der Waals surface area contributed by atoms with E-state index in [-0.39, 0.29) is 17.7 Å². The predicted octanol–water partition coefficient (Wildman–Crippen LogP) is 4.73. The molecular formula is C35H46N4O6. The number of hydrogen-bond acceptors (Lipinski definition) is 7. The van der Waals surface area contributed by atoms with Crippen molar-refractivity contribution >= 4 is 23.4 Å². The molecule has 2 fully saturated rings. The minimum Gasteiger partial charge on any atom is -0.493 e. The smallest absolute Gasteiger partial charge is 0.264 e. The molecule has 4 heterocycles. The van der Waals surface area contributed by atoms with Gasteiger partial charge in [0.15, 0.2) is 11.5 Å². The van der Waals surface area contributed by atoms with Crippen molar-refractivity contribution in [2.24, 2.45) is 5.92 Å². The Morgan fingerprint density at radius 2 is 1.76 bits per heavy atom. The Kier molecular flexibility index (Phi) is 9.61. The summed E-state index contributed by atoms with van der Waals surface area (Å²) < 4.78 is 16.4. The van der Waals surface area contributed by atoms with E-state index in [1.165, 1.54) is 53.0 Å². The largest absolute Gasteiger partial charge is 0.493 e. The first-order valence-electron chi connectivity index (χ1n) is 16.5. The van der Waals surface area contributed by atoms with Gasteiger partial charge in [0.1, 0.15) is 6.17 Å². The van der Waals surface area contributed by atoms with Gasteiger partial charge < -0.3 is 28.9 Å². The molecule has 2 saturated heterocycles. The standard InChI is InChI=1S/C35H46N4O6/c1-43-22-10-20-37(23-24-11-8-19-36-18-7-6-13-27(24)36)30(40)15-9-21-38-33-26-16-17-29(44-2)32(45-3)31(26)35(42)39(33)28-14-5-4-12-25(28)34(38)41/h4-5,12,14,16-17,24,27,33H,6-11,13,15,18-23H2,1-3H3/t24-,27+,33-/m0/s1. The molecule has 0 aliphatic carbocycles. The molecule has 6 rings (SSSR count). The second-order valence-corrected chi connectivity index (χ2v) is 12.6. The summed E-state index contributed by atoms with van der Waals surface area (Å²) in [5, 5.41) is 0. The van der Waals surface area contributed by atoms with Crippen LogP contribution in [0.15, 0.2) is 36.4 Å². The number of carbonyl (C=O) groups excluding carboxylic acids is 3. The molecule has 0 radical (unpaired) electrons. The van der Waals surface area contributed by atoms with E-state index in [1.807, 2.05) is 29.2 Å². The van der Waals surface area contributed by atoms with Gasteiger partial charge in [-0.3, -0.25) is 19.3 Å². The molecule has 10 heteroatoms. The fourth-order valence-corrected chi connectivity index (χ4v) is 8.00. The number of nitrogens with zero attached hydrogens (tertiary/aromatic N) is 4. The van der Waals surface area contributed by atoms with Crippen LogP contribution in [-0.4, -0.2) is 99.1 Å². The Labute approximate surface area is 266 Å². The fourth-order valence-electron chi connectivity index (χ4n) is 8.00. The van der Waals surface area contributed by atoms with Crippen LogP contribution in [0, 0.1) is 5.92 Å². The molecule has 10 nitrogen and oxygen atoms in total. The summed E-state index contributed by atoms with van der Waals surface area (Å²) in [6.45, 7) is 4.76. The summed E-state index contributed by atoms with van der Waals surface area (Å²) in [4.78, 5) is 49.8. The van der Waals surface area contributed by atoms with Crippen LogP contribution < -0.4 is 14.4 Å². The van der Waals surface area contributed by atoms with Crippen LogP contribution in [0.25, 0.3) is 0 Å². The van der Waals surface area contributed by atoms with E-state index in [2.05, 4.69) is 4.90 Å². The number of benzene rings is 2. The average Bonchev–Trinajstić information content (AvgIpc) is 3.37. The summed E-state index contributed by atoms with van der Waals surface area (Å²) >= 11 is 0. The first kappa shape index (κ1) is 31.4. The van der Waals surface area contributed by atoms with Crippen molar-refractivity contribution in [3.8, 4) is 11.5 Å². The zero-order valence-electron chi connectivity index (χ0n) is 26.8. The average molecular weight is 619 g/mol. The van der Waals surface area contributed by atoms with Crippen molar-refractivity contribution in [2.75, 3.05) is 65.6 Å². The number of anilines is 1. The van der Waals surface area contributed by atoms with Gasteiger partial charge in [0.05, 0.1) is 31.0 Å². The number of carbonyl (C=O) groups is 3. The molecule has 0 saturated carbocycles. The van der Waals surface area contributed by atoms with Gasteiger partial charge in [-0.05, 0) is 75.7 Å². The molecule has 45 heavy (non-hydrogen) atoms. The maximum absolute atomic E-state index is 14.0. The molecule has 0 N–H and O–H groups in total. The summed E-state index contributed by atoms with van der Waals surface area (Å²) in [6.07, 6.45) is 7.11. The molecule has 4 aliphatic rings. The number of fused-ring (bicyclic) bond motifs is 6. The SMILES string of the molecule is COCCCN(C[C@@H]1CCCN2CCCC[C@H]12)C(=O)CCCN1C(=O)c2ccccc2N2C(=O)c3c(ccc(OC)c3OC)[C@@H]12. The molecule has 0 unspecified atom stereocenters. The minimum atomic E-state index is -0.623. The van der Waals surface area contributed by atoms with Gasteiger partial charge in [0.25, 0.3) is 11.8 Å². The highest BCUT2D eigenvalue weighted by molar-refractivity contribution is 6.18. The lowest BCUT2D eigenvalue weighted by Gasteiger charge is -2.45. The van der Waals surface area contributed by atoms with Crippen molar-refractivity contribution < 1.29 is 28.6 Å². The molecule has 0 aromatic heterocycles. The van der Waals surface area contributed by atoms with Crippen molar-refractivity contribution in [2.45, 2.75) is 63.6 Å². The van der Waals surface area contributed by atoms with Gasteiger partial charge in [-0.2, -0.15) is 0 Å². The van der Waals surface area contributed by atoms with E-state index in [4.69, 9.17) is 14.2 Å². The maximum atomic E-state index is 14.0. The normalized spacial score (nSPS) is 22.4. The van der Waals surface area contributed by atoms with E-state index in [0.29, 0.717) is 78.4 Å². The second kappa shape index (κ2) is 13.8. The summed E-state index contributed by atoms with van der Waals surface area (Å²) in [5.41, 5.74) is 2.15. The Bertz CT molecular complexity index is 1410. The van der Waals surface area contributed by atoms with Crippen molar-refractivity contribution in [1.82, 2.24) is 14.7 Å². The third kappa shape index (κ3) is 5.90. The maximum Gasteiger partial charge on any atom is 0.264 e. The Balaban J connectivity index is 1.21. The van der Waals surface area contributed by atoms with Crippen LogP contribution in [0.1, 0.15) is 83.8 Å². The van der Waals surface area contributed by atoms with Crippen molar-refractivity contribution in [3.63, 3.8) is 0 Å². The van der Waals surface area contributed by atoms with Crippen molar-refractivity contribution in [1.29, 1.82) is 0 Å². The Morgan fingerprint density at radius 3 is 2.56 bits per heavy atom. The van der Waals surface area contributed by atoms with Gasteiger partial charge in [-0.15, -0.1) is 0 Å². The fraction of sp³-hybridized carbons (Fsp3) is 0.571. The van der Waals surface area contributed by atoms with Crippen LogP contribution >= 0.6 is 0 Å². The molecular weight excluding hydrogens is 572 g/mol. The minimum absolute atomic E-state index is 0.120. The summed E-state index contributed by atoms with van der Waals surface area (Å²) in [6, 6.07) is 11.4. The topological polar surface area (TPSA) is 91.9 Å². The molecule has 2 aromatic carbocycles. The van der Waals surface area contributed by atoms with Gasteiger partial charge in [-0.1, -0.05) is 24.6 Å². The molecule has 3 atom stereocenters. The molecule has 242 valence electrons. The zero-order chi connectivity index (χ0) is 31.5. The van der Waals surface area contributed by atoms with E-state index in [0.717, 1.165) is 19.4 Å². The summed E-state index contributed by atoms with van der Waals surface area (Å²) in [5.74, 6) is 1.05. The number of hydrogen-bond donors (Lipinski definition) is 0. The number of methoxy groups -OCH3 is 3. The molecule has 2 aromatic rings. The molecule has 4 aliphatic heterocycles. The molecule has 0 spiro atoms. The third-order valence-electron chi connectivity index (χ3n) is 10.1. The lowest BCUT2D eigenvalue weighted by Crippen LogP contribution is -2.52. The highest BCUT2D eigenvalue weighted by Crippen LogP contribution is 2.49. The van der Waals surface area contributed by atoms with E-state index < -0.39 is 6.17 Å². The highest BCUT2D eigenvalue weighted by atomic mass is 16.5. The number of ether oxygens (including phenoxy) is 3. The van der Waals surface area contributed by atoms with E-state index >= 15 is 0 Å². The quantitative estimate of drug-likeness (QED) is 0.318. The Hall–Kier alpha value is -3.63. The lowest BCUT2D eigenvalue weighted by molar-refractivity contribution is -0.133. The summed E-state index contributed by atoms with van der Waals surface area (Å²) in [7, 11) is 4.75. The second-order valence-electron chi connectivity index (χ2n) is 12.6. The van der Waals surface area contributed by atoms with Crippen molar-refractivity contribution in [3.05, 3.63) is 53.1 Å². The number of para-hydroxylation sites is 1. The lowest BCUT2D eigenvalue weighted by atomic mass is 9.83. The van der Waals surface area contributed by atoms with Crippen LogP contribution in [0.3, 0.4) is 0 Å². The van der Waals surface area contributed by atoms with Crippen LogP contribution in [0.5, 0.6) is 11.5 Å². The monoisotopic (exact) mass is 618 g/mol. The molecule has 3 amide bonds. The van der Waals surface area contributed by atoms with Gasteiger partial charge in [0.2, 0.25) is 5.91 Å². The van der Waals surface area contributed by atoms with Crippen LogP contribution in [0.2, 0.25) is 0 Å². The number of rotatable bonds is 12. The van der Waals surface area contributed by atoms with Gasteiger partial charge in [0, 0.05) is 51.4 Å². The first-order chi connectivity index (χ1) is 22.0. The zero-order valence-corrected chi connectivity index (χ0v) is 26.8.